The fourth-order valence-electron chi connectivity index (χ4n) is 2.42. The summed E-state index contributed by atoms with van der Waals surface area (Å²) in [4.78, 5) is 16.6. The Labute approximate surface area is 174 Å². The number of aromatic nitrogens is 5. The monoisotopic (exact) mass is 430 g/mol. The minimum Gasteiger partial charge on any atom is -0.324 e. The number of fused-ring (bicyclic) bond motifs is 1. The number of carbonyl (C=O) groups is 1. The van der Waals surface area contributed by atoms with Crippen molar-refractivity contribution >= 4 is 52.2 Å². The second-order valence-corrected chi connectivity index (χ2v) is 7.43. The molecule has 0 unspecified atom stereocenters. The van der Waals surface area contributed by atoms with Gasteiger partial charge in [-0.25, -0.2) is 0 Å². The molecule has 1 aromatic carbocycles. The smallest absolute Gasteiger partial charge is 0.234 e. The second kappa shape index (κ2) is 8.14. The fraction of sp³-hybridized carbons (Fsp3) is 0.0556. The van der Waals surface area contributed by atoms with Gasteiger partial charge in [0.2, 0.25) is 11.1 Å². The van der Waals surface area contributed by atoms with E-state index in [-0.39, 0.29) is 11.7 Å². The van der Waals surface area contributed by atoms with Crippen LogP contribution in [0.1, 0.15) is 0 Å². The molecule has 4 rings (SSSR count). The van der Waals surface area contributed by atoms with Gasteiger partial charge in [-0.3, -0.25) is 9.78 Å². The first-order valence-electron chi connectivity index (χ1n) is 8.12. The summed E-state index contributed by atoms with van der Waals surface area (Å²) in [6.07, 6.45) is 1.70. The molecule has 0 aliphatic rings. The molecular formula is C18H12Cl2N6OS. The Morgan fingerprint density at radius 1 is 1.07 bits per heavy atom. The maximum Gasteiger partial charge on any atom is 0.234 e. The first-order valence-corrected chi connectivity index (χ1v) is 9.86. The van der Waals surface area contributed by atoms with Crippen LogP contribution in [0, 0.1) is 0 Å². The molecule has 1 N–H and O–H groups in total. The molecule has 0 aliphatic carbocycles. The zero-order valence-corrected chi connectivity index (χ0v) is 16.5. The van der Waals surface area contributed by atoms with Crippen molar-refractivity contribution in [3.05, 3.63) is 64.8 Å². The molecular weight excluding hydrogens is 419 g/mol. The maximum absolute atomic E-state index is 12.3. The Morgan fingerprint density at radius 2 is 1.96 bits per heavy atom. The summed E-state index contributed by atoms with van der Waals surface area (Å²) < 4.78 is 1.59. The van der Waals surface area contributed by atoms with E-state index in [9.17, 15) is 4.79 Å². The molecule has 0 radical (unpaired) electrons. The number of amides is 1. The van der Waals surface area contributed by atoms with Gasteiger partial charge in [-0.15, -0.1) is 10.2 Å². The molecule has 0 saturated heterocycles. The largest absolute Gasteiger partial charge is 0.324 e. The van der Waals surface area contributed by atoms with E-state index in [1.165, 1.54) is 11.8 Å². The number of rotatable bonds is 5. The molecule has 140 valence electrons. The number of carbonyl (C=O) groups excluding carboxylic acids is 1. The summed E-state index contributed by atoms with van der Waals surface area (Å²) in [7, 11) is 0. The minimum absolute atomic E-state index is 0.110. The third kappa shape index (κ3) is 4.09. The lowest BCUT2D eigenvalue weighted by Gasteiger charge is -2.07. The maximum atomic E-state index is 12.3. The van der Waals surface area contributed by atoms with Crippen LogP contribution in [0.15, 0.2) is 59.9 Å². The summed E-state index contributed by atoms with van der Waals surface area (Å²) in [6.45, 7) is 0. The van der Waals surface area contributed by atoms with Gasteiger partial charge in [-0.1, -0.05) is 41.0 Å². The highest BCUT2D eigenvalue weighted by molar-refractivity contribution is 7.99. The first kappa shape index (κ1) is 18.7. The van der Waals surface area contributed by atoms with Gasteiger partial charge < -0.3 is 5.32 Å². The van der Waals surface area contributed by atoms with E-state index in [2.05, 4.69) is 25.6 Å². The molecule has 0 spiro atoms. The number of benzene rings is 1. The fourth-order valence-corrected chi connectivity index (χ4v) is 3.44. The lowest BCUT2D eigenvalue weighted by molar-refractivity contribution is -0.113. The quantitative estimate of drug-likeness (QED) is 0.477. The van der Waals surface area contributed by atoms with Crippen molar-refractivity contribution in [3.8, 4) is 11.4 Å². The third-order valence-corrected chi connectivity index (χ3v) is 5.18. The Balaban J connectivity index is 1.50. The minimum atomic E-state index is -0.244. The summed E-state index contributed by atoms with van der Waals surface area (Å²) in [6, 6.07) is 14.1. The van der Waals surface area contributed by atoms with Crippen molar-refractivity contribution in [2.24, 2.45) is 0 Å². The predicted molar refractivity (Wildman–Crippen MR) is 110 cm³/mol. The number of hydrogen-bond acceptors (Lipinski definition) is 6. The van der Waals surface area contributed by atoms with Crippen LogP contribution in [0.5, 0.6) is 0 Å². The lowest BCUT2D eigenvalue weighted by Crippen LogP contribution is -2.14. The van der Waals surface area contributed by atoms with E-state index in [0.29, 0.717) is 32.2 Å². The molecule has 0 atom stereocenters. The summed E-state index contributed by atoms with van der Waals surface area (Å²) in [5.74, 6) is -0.133. The Morgan fingerprint density at radius 3 is 2.79 bits per heavy atom. The van der Waals surface area contributed by atoms with Gasteiger partial charge in [-0.2, -0.15) is 9.61 Å². The van der Waals surface area contributed by atoms with E-state index < -0.39 is 0 Å². The molecule has 0 aliphatic heterocycles. The van der Waals surface area contributed by atoms with E-state index in [0.717, 1.165) is 5.69 Å². The second-order valence-electron chi connectivity index (χ2n) is 5.65. The molecule has 10 heteroatoms. The summed E-state index contributed by atoms with van der Waals surface area (Å²) >= 11 is 13.2. The summed E-state index contributed by atoms with van der Waals surface area (Å²) in [5.41, 5.74) is 2.47. The SMILES string of the molecule is O=C(CSc1nnc2ccc(-c3ccccn3)nn12)Nc1cc(Cl)ccc1Cl. The van der Waals surface area contributed by atoms with Crippen molar-refractivity contribution in [3.63, 3.8) is 0 Å². The van der Waals surface area contributed by atoms with Gasteiger partial charge in [0.25, 0.3) is 0 Å². The Hall–Kier alpha value is -2.68. The standard InChI is InChI=1S/C18H12Cl2N6OS/c19-11-4-5-12(20)15(9-11)22-17(27)10-28-18-24-23-16-7-6-14(25-26(16)18)13-3-1-2-8-21-13/h1-9H,10H2,(H,22,27). The van der Waals surface area contributed by atoms with Gasteiger partial charge in [-0.05, 0) is 42.5 Å². The number of hydrogen-bond donors (Lipinski definition) is 1. The molecule has 4 aromatic rings. The van der Waals surface area contributed by atoms with Gasteiger partial charge in [0.15, 0.2) is 5.65 Å². The molecule has 0 bridgehead atoms. The Kier molecular flexibility index (Phi) is 5.43. The van der Waals surface area contributed by atoms with Gasteiger partial charge in [0.05, 0.1) is 22.2 Å². The number of thioether (sulfide) groups is 1. The van der Waals surface area contributed by atoms with Gasteiger partial charge >= 0.3 is 0 Å². The van der Waals surface area contributed by atoms with E-state index in [4.69, 9.17) is 23.2 Å². The Bertz CT molecular complexity index is 1150. The highest BCUT2D eigenvalue weighted by atomic mass is 35.5. The van der Waals surface area contributed by atoms with Crippen LogP contribution >= 0.6 is 35.0 Å². The van der Waals surface area contributed by atoms with Crippen molar-refractivity contribution < 1.29 is 4.79 Å². The highest BCUT2D eigenvalue weighted by Crippen LogP contribution is 2.26. The van der Waals surface area contributed by atoms with Crippen molar-refractivity contribution in [2.45, 2.75) is 5.16 Å². The molecule has 0 saturated carbocycles. The van der Waals surface area contributed by atoms with E-state index >= 15 is 0 Å². The number of halogens is 2. The average molecular weight is 431 g/mol. The zero-order valence-electron chi connectivity index (χ0n) is 14.2. The number of nitrogens with one attached hydrogen (secondary N) is 1. The number of nitrogens with zero attached hydrogens (tertiary/aromatic N) is 5. The average Bonchev–Trinajstić information content (AvgIpc) is 3.12. The third-order valence-electron chi connectivity index (χ3n) is 3.70. The molecule has 1 amide bonds. The van der Waals surface area contributed by atoms with Crippen LogP contribution in [0.3, 0.4) is 0 Å². The van der Waals surface area contributed by atoms with Crippen molar-refractivity contribution in [1.82, 2.24) is 24.8 Å². The summed E-state index contributed by atoms with van der Waals surface area (Å²) in [5, 5.41) is 16.9. The van der Waals surface area contributed by atoms with Gasteiger partial charge in [0, 0.05) is 11.2 Å². The number of anilines is 1. The van der Waals surface area contributed by atoms with Crippen LogP contribution in [0.25, 0.3) is 17.0 Å². The first-order chi connectivity index (χ1) is 13.6. The predicted octanol–water partition coefficient (Wildman–Crippen LogP) is 4.22. The van der Waals surface area contributed by atoms with Crippen LogP contribution in [-0.4, -0.2) is 36.5 Å². The normalized spacial score (nSPS) is 10.9. The molecule has 3 aromatic heterocycles. The van der Waals surface area contributed by atoms with E-state index in [1.807, 2.05) is 24.3 Å². The number of pyridine rings is 1. The van der Waals surface area contributed by atoms with Crippen LogP contribution in [0.4, 0.5) is 5.69 Å². The molecule has 0 fully saturated rings. The van der Waals surface area contributed by atoms with Crippen LogP contribution in [-0.2, 0) is 4.79 Å². The van der Waals surface area contributed by atoms with Crippen LogP contribution < -0.4 is 5.32 Å². The van der Waals surface area contributed by atoms with Crippen molar-refractivity contribution in [1.29, 1.82) is 0 Å². The van der Waals surface area contributed by atoms with Gasteiger partial charge in [0.1, 0.15) is 5.69 Å². The highest BCUT2D eigenvalue weighted by Gasteiger charge is 2.13. The molecule has 3 heterocycles. The van der Waals surface area contributed by atoms with E-state index in [1.54, 1.807) is 35.0 Å². The topological polar surface area (TPSA) is 85.1 Å². The van der Waals surface area contributed by atoms with Crippen LogP contribution in [0.2, 0.25) is 10.0 Å². The zero-order chi connectivity index (χ0) is 19.5. The lowest BCUT2D eigenvalue weighted by atomic mass is 10.2. The molecule has 7 nitrogen and oxygen atoms in total. The molecule has 28 heavy (non-hydrogen) atoms. The van der Waals surface area contributed by atoms with Crippen molar-refractivity contribution in [2.75, 3.05) is 11.1 Å².